The standard InChI is InChI=1S/C35H30N4O4S2/c36-45(42,43)29-18-16-28(17-19-29)39-34(41)32(22-33(40)37-21-20-27-23-38-31-9-5-4-8-30(27)31)44-35(39)26-14-12-25(13-15-26)11-10-24-6-2-1-3-7-24/h1-9,12-19,23,32,35,38H,20-22H2,(H,37,40)(H2,36,42,43)/t32-,35+/m1/s1. The second-order valence-corrected chi connectivity index (χ2v) is 13.5. The van der Waals surface area contributed by atoms with E-state index in [-0.39, 0.29) is 23.1 Å². The summed E-state index contributed by atoms with van der Waals surface area (Å²) in [6.07, 6.45) is 2.63. The largest absolute Gasteiger partial charge is 0.361 e. The number of thioether (sulfide) groups is 1. The summed E-state index contributed by atoms with van der Waals surface area (Å²) in [5.74, 6) is 5.87. The molecule has 4 N–H and O–H groups in total. The SMILES string of the molecule is NS(=O)(=O)c1ccc(N2C(=O)[C@@H](CC(=O)NCCc3c[nH]c4ccccc34)S[C@H]2c2ccc(C#Cc3ccccc3)cc2)cc1. The molecule has 1 aliphatic heterocycles. The number of para-hydroxylation sites is 1. The van der Waals surface area contributed by atoms with Crippen molar-refractivity contribution in [1.82, 2.24) is 10.3 Å². The number of amides is 2. The normalized spacial score (nSPS) is 16.4. The summed E-state index contributed by atoms with van der Waals surface area (Å²) in [5.41, 5.74) is 5.27. The van der Waals surface area contributed by atoms with Crippen LogP contribution < -0.4 is 15.4 Å². The minimum absolute atomic E-state index is 0.0142. The smallest absolute Gasteiger partial charge is 0.241 e. The molecule has 2 heterocycles. The molecular formula is C35H30N4O4S2. The van der Waals surface area contributed by atoms with Gasteiger partial charge in [0.15, 0.2) is 0 Å². The van der Waals surface area contributed by atoms with Gasteiger partial charge in [-0.15, -0.1) is 11.8 Å². The number of carbonyl (C=O) groups is 2. The third kappa shape index (κ3) is 6.97. The van der Waals surface area contributed by atoms with Crippen LogP contribution in [0.1, 0.15) is 34.0 Å². The lowest BCUT2D eigenvalue weighted by Gasteiger charge is -2.24. The maximum Gasteiger partial charge on any atom is 0.241 e. The van der Waals surface area contributed by atoms with Gasteiger partial charge in [-0.1, -0.05) is 60.4 Å². The van der Waals surface area contributed by atoms with E-state index in [1.807, 2.05) is 85.1 Å². The Morgan fingerprint density at radius 1 is 0.889 bits per heavy atom. The van der Waals surface area contributed by atoms with Gasteiger partial charge < -0.3 is 10.3 Å². The molecular weight excluding hydrogens is 605 g/mol. The molecule has 1 aromatic heterocycles. The highest BCUT2D eigenvalue weighted by atomic mass is 32.2. The van der Waals surface area contributed by atoms with Gasteiger partial charge in [-0.3, -0.25) is 14.5 Å². The van der Waals surface area contributed by atoms with Crippen molar-refractivity contribution in [3.8, 4) is 11.8 Å². The highest BCUT2D eigenvalue weighted by Crippen LogP contribution is 2.46. The van der Waals surface area contributed by atoms with Crippen LogP contribution in [0.5, 0.6) is 0 Å². The van der Waals surface area contributed by atoms with Crippen LogP contribution >= 0.6 is 11.8 Å². The Labute approximate surface area is 266 Å². The lowest BCUT2D eigenvalue weighted by molar-refractivity contribution is -0.124. The predicted octanol–water partition coefficient (Wildman–Crippen LogP) is 5.11. The number of H-pyrrole nitrogens is 1. The van der Waals surface area contributed by atoms with Crippen LogP contribution in [0, 0.1) is 11.8 Å². The molecule has 2 amide bonds. The predicted molar refractivity (Wildman–Crippen MR) is 178 cm³/mol. The van der Waals surface area contributed by atoms with Crippen LogP contribution in [-0.4, -0.2) is 37.0 Å². The molecule has 6 rings (SSSR count). The first-order chi connectivity index (χ1) is 21.8. The number of sulfonamides is 1. The number of benzene rings is 4. The van der Waals surface area contributed by atoms with Crippen molar-refractivity contribution < 1.29 is 18.0 Å². The molecule has 10 heteroatoms. The topological polar surface area (TPSA) is 125 Å². The van der Waals surface area contributed by atoms with Gasteiger partial charge in [-0.2, -0.15) is 0 Å². The van der Waals surface area contributed by atoms with Gasteiger partial charge in [0.1, 0.15) is 5.37 Å². The van der Waals surface area contributed by atoms with E-state index >= 15 is 0 Å². The van der Waals surface area contributed by atoms with E-state index in [1.165, 1.54) is 23.9 Å². The average Bonchev–Trinajstić information content (AvgIpc) is 3.61. The lowest BCUT2D eigenvalue weighted by Crippen LogP contribution is -2.34. The number of aromatic amines is 1. The number of anilines is 1. The fraction of sp³-hybridized carbons (Fsp3) is 0.143. The molecule has 2 atom stereocenters. The highest BCUT2D eigenvalue weighted by Gasteiger charge is 2.42. The Morgan fingerprint density at radius 3 is 2.27 bits per heavy atom. The molecule has 1 fully saturated rings. The number of nitrogens with zero attached hydrogens (tertiary/aromatic N) is 1. The summed E-state index contributed by atoms with van der Waals surface area (Å²) in [5, 5.41) is 8.32. The van der Waals surface area contributed by atoms with Gasteiger partial charge in [-0.05, 0) is 72.1 Å². The zero-order valence-electron chi connectivity index (χ0n) is 24.1. The van der Waals surface area contributed by atoms with E-state index in [1.54, 1.807) is 17.0 Å². The van der Waals surface area contributed by atoms with Crippen molar-refractivity contribution in [2.75, 3.05) is 11.4 Å². The van der Waals surface area contributed by atoms with Gasteiger partial charge in [0.2, 0.25) is 21.8 Å². The van der Waals surface area contributed by atoms with E-state index in [9.17, 15) is 18.0 Å². The third-order valence-corrected chi connectivity index (χ3v) is 9.93. The van der Waals surface area contributed by atoms with Crippen LogP contribution in [0.2, 0.25) is 0 Å². The number of aromatic nitrogens is 1. The van der Waals surface area contributed by atoms with Crippen molar-refractivity contribution in [3.63, 3.8) is 0 Å². The zero-order valence-corrected chi connectivity index (χ0v) is 25.8. The van der Waals surface area contributed by atoms with Crippen LogP contribution in [-0.2, 0) is 26.0 Å². The molecule has 1 saturated heterocycles. The molecule has 0 aliphatic carbocycles. The van der Waals surface area contributed by atoms with Crippen molar-refractivity contribution in [2.45, 2.75) is 28.4 Å². The van der Waals surface area contributed by atoms with Gasteiger partial charge in [0.05, 0.1) is 10.1 Å². The Hall–Kier alpha value is -4.82. The molecule has 0 spiro atoms. The number of hydrogen-bond donors (Lipinski definition) is 3. The molecule has 0 unspecified atom stereocenters. The number of rotatable bonds is 8. The maximum atomic E-state index is 13.8. The molecule has 8 nitrogen and oxygen atoms in total. The molecule has 0 bridgehead atoms. The van der Waals surface area contributed by atoms with E-state index in [0.717, 1.165) is 33.2 Å². The fourth-order valence-electron chi connectivity index (χ4n) is 5.28. The van der Waals surface area contributed by atoms with Crippen LogP contribution in [0.25, 0.3) is 10.9 Å². The molecule has 226 valence electrons. The summed E-state index contributed by atoms with van der Waals surface area (Å²) in [4.78, 5) is 31.6. The summed E-state index contributed by atoms with van der Waals surface area (Å²) >= 11 is 1.39. The first-order valence-corrected chi connectivity index (χ1v) is 16.9. The number of nitrogens with two attached hydrogens (primary N) is 1. The Bertz CT molecular complexity index is 2010. The van der Waals surface area contributed by atoms with Gasteiger partial charge in [0.25, 0.3) is 0 Å². The third-order valence-electron chi connectivity index (χ3n) is 7.57. The van der Waals surface area contributed by atoms with E-state index in [0.29, 0.717) is 18.7 Å². The molecule has 0 saturated carbocycles. The second-order valence-electron chi connectivity index (χ2n) is 10.6. The minimum atomic E-state index is -3.89. The Balaban J connectivity index is 1.18. The molecule has 0 radical (unpaired) electrons. The van der Waals surface area contributed by atoms with E-state index < -0.39 is 20.6 Å². The molecule has 5 aromatic rings. The second kappa shape index (κ2) is 13.0. The minimum Gasteiger partial charge on any atom is -0.361 e. The van der Waals surface area contributed by atoms with Crippen LogP contribution in [0.15, 0.2) is 114 Å². The average molecular weight is 635 g/mol. The molecule has 45 heavy (non-hydrogen) atoms. The fourth-order valence-corrected chi connectivity index (χ4v) is 7.25. The zero-order chi connectivity index (χ0) is 31.4. The number of carbonyl (C=O) groups excluding carboxylic acids is 2. The van der Waals surface area contributed by atoms with Crippen LogP contribution in [0.3, 0.4) is 0 Å². The van der Waals surface area contributed by atoms with Gasteiger partial charge >= 0.3 is 0 Å². The van der Waals surface area contributed by atoms with Crippen LogP contribution in [0.4, 0.5) is 5.69 Å². The maximum absolute atomic E-state index is 13.8. The Kier molecular flexibility index (Phi) is 8.76. The first-order valence-electron chi connectivity index (χ1n) is 14.4. The Morgan fingerprint density at radius 2 is 1.56 bits per heavy atom. The van der Waals surface area contributed by atoms with Crippen molar-refractivity contribution in [2.24, 2.45) is 5.14 Å². The van der Waals surface area contributed by atoms with Crippen molar-refractivity contribution in [3.05, 3.63) is 132 Å². The van der Waals surface area contributed by atoms with Gasteiger partial charge in [-0.25, -0.2) is 13.6 Å². The van der Waals surface area contributed by atoms with Crippen molar-refractivity contribution >= 4 is 50.2 Å². The number of nitrogens with one attached hydrogen (secondary N) is 2. The molecule has 1 aliphatic rings. The quantitative estimate of drug-likeness (QED) is 0.205. The summed E-state index contributed by atoms with van der Waals surface area (Å²) in [7, 11) is -3.89. The lowest BCUT2D eigenvalue weighted by atomic mass is 10.1. The monoisotopic (exact) mass is 634 g/mol. The molecule has 4 aromatic carbocycles. The van der Waals surface area contributed by atoms with Crippen molar-refractivity contribution in [1.29, 1.82) is 0 Å². The number of hydrogen-bond acceptors (Lipinski definition) is 5. The number of primary sulfonamides is 1. The van der Waals surface area contributed by atoms with E-state index in [4.69, 9.17) is 5.14 Å². The summed E-state index contributed by atoms with van der Waals surface area (Å²) in [6, 6.07) is 31.3. The highest BCUT2D eigenvalue weighted by molar-refractivity contribution is 8.01. The van der Waals surface area contributed by atoms with Gasteiger partial charge in [0, 0.05) is 46.9 Å². The summed E-state index contributed by atoms with van der Waals surface area (Å²) < 4.78 is 23.7. The number of fused-ring (bicyclic) bond motifs is 1. The summed E-state index contributed by atoms with van der Waals surface area (Å²) in [6.45, 7) is 0.444. The first kappa shape index (κ1) is 30.2. The van der Waals surface area contributed by atoms with E-state index in [2.05, 4.69) is 22.1 Å².